The summed E-state index contributed by atoms with van der Waals surface area (Å²) in [4.78, 5) is 23.8. The normalized spacial score (nSPS) is 14.2. The second-order valence-electron chi connectivity index (χ2n) is 7.60. The van der Waals surface area contributed by atoms with E-state index >= 15 is 0 Å². The number of carbonyl (C=O) groups is 2. The number of ether oxygens (including phenoxy) is 1. The molecule has 168 valence electrons. The summed E-state index contributed by atoms with van der Waals surface area (Å²) in [6, 6.07) is 5.05. The summed E-state index contributed by atoms with van der Waals surface area (Å²) < 4.78 is 23.2. The molecule has 0 aromatic heterocycles. The molecular formula is C22H34FN3O3S. The van der Waals surface area contributed by atoms with Crippen LogP contribution in [0.4, 0.5) is 9.18 Å². The van der Waals surface area contributed by atoms with Gasteiger partial charge in [0.1, 0.15) is 6.29 Å². The highest BCUT2D eigenvalue weighted by atomic mass is 32.2. The molecule has 2 rings (SSSR count). The lowest BCUT2D eigenvalue weighted by Gasteiger charge is -2.19. The van der Waals surface area contributed by atoms with Gasteiger partial charge in [0.2, 0.25) is 0 Å². The molecule has 30 heavy (non-hydrogen) atoms. The maximum atomic E-state index is 14.0. The molecule has 0 radical (unpaired) electrons. The van der Waals surface area contributed by atoms with Gasteiger partial charge in [-0.1, -0.05) is 31.4 Å². The van der Waals surface area contributed by atoms with Gasteiger partial charge in [0.25, 0.3) is 0 Å². The van der Waals surface area contributed by atoms with Crippen LogP contribution in [-0.4, -0.2) is 49.7 Å². The van der Waals surface area contributed by atoms with Crippen LogP contribution in [0.15, 0.2) is 18.2 Å². The van der Waals surface area contributed by atoms with Crippen LogP contribution in [0, 0.1) is 11.7 Å². The molecule has 1 aliphatic rings. The fraction of sp³-hybridized carbons (Fsp3) is 0.636. The van der Waals surface area contributed by atoms with E-state index < -0.39 is 0 Å². The Kier molecular flexibility index (Phi) is 11.0. The van der Waals surface area contributed by atoms with Crippen LogP contribution in [0.1, 0.15) is 57.1 Å². The number of nitrogens with zero attached hydrogens (tertiary/aromatic N) is 1. The summed E-state index contributed by atoms with van der Waals surface area (Å²) in [5.74, 6) is 1.57. The Balaban J connectivity index is 1.68. The Hall–Kier alpha value is -1.80. The molecule has 1 fully saturated rings. The van der Waals surface area contributed by atoms with Crippen LogP contribution in [0.25, 0.3) is 0 Å². The molecule has 0 aliphatic heterocycles. The Morgan fingerprint density at radius 1 is 1.37 bits per heavy atom. The summed E-state index contributed by atoms with van der Waals surface area (Å²) in [6.07, 6.45) is 6.85. The predicted octanol–water partition coefficient (Wildman–Crippen LogP) is 4.31. The number of nitrogens with one attached hydrogen (secondary N) is 2. The summed E-state index contributed by atoms with van der Waals surface area (Å²) in [5.41, 5.74) is 1.03. The van der Waals surface area contributed by atoms with E-state index in [9.17, 15) is 14.0 Å². The second-order valence-corrected chi connectivity index (χ2v) is 8.53. The van der Waals surface area contributed by atoms with Crippen molar-refractivity contribution in [2.75, 3.05) is 32.5 Å². The molecule has 2 N–H and O–H groups in total. The SMILES string of the molecule is CCC(NSCCCCCN(CC=O)C(=O)NC)c1ccc(F)c(OCC2CC2)c1. The maximum Gasteiger partial charge on any atom is 0.317 e. The number of hydrogen-bond acceptors (Lipinski definition) is 5. The number of rotatable bonds is 15. The predicted molar refractivity (Wildman–Crippen MR) is 119 cm³/mol. The van der Waals surface area contributed by atoms with E-state index in [2.05, 4.69) is 17.0 Å². The quantitative estimate of drug-likeness (QED) is 0.242. The molecule has 0 saturated heterocycles. The lowest BCUT2D eigenvalue weighted by Crippen LogP contribution is -2.39. The number of halogens is 1. The molecule has 0 bridgehead atoms. The van der Waals surface area contributed by atoms with E-state index in [4.69, 9.17) is 4.74 Å². The van der Waals surface area contributed by atoms with Crippen LogP contribution >= 0.6 is 11.9 Å². The standard InChI is InChI=1S/C22H34FN3O3S/c1-3-20(18-9-10-19(23)21(15-18)29-16-17-7-8-17)25-30-14-6-4-5-11-26(12-13-27)22(28)24-2/h9-10,13,15,17,20,25H,3-8,11-12,14,16H2,1-2H3,(H,24,28). The van der Waals surface area contributed by atoms with Gasteiger partial charge in [-0.2, -0.15) is 0 Å². The molecule has 1 saturated carbocycles. The average Bonchev–Trinajstić information content (AvgIpc) is 3.58. The molecule has 2 amide bonds. The van der Waals surface area contributed by atoms with Crippen molar-refractivity contribution in [2.24, 2.45) is 5.92 Å². The van der Waals surface area contributed by atoms with Gasteiger partial charge in [-0.15, -0.1) is 0 Å². The van der Waals surface area contributed by atoms with Gasteiger partial charge in [0.05, 0.1) is 13.2 Å². The number of aldehydes is 1. The van der Waals surface area contributed by atoms with Crippen LogP contribution in [-0.2, 0) is 4.79 Å². The van der Waals surface area contributed by atoms with Gasteiger partial charge >= 0.3 is 6.03 Å². The number of urea groups is 1. The highest BCUT2D eigenvalue weighted by molar-refractivity contribution is 7.97. The van der Waals surface area contributed by atoms with E-state index in [-0.39, 0.29) is 24.4 Å². The van der Waals surface area contributed by atoms with Crippen molar-refractivity contribution < 1.29 is 18.7 Å². The number of hydrogen-bond donors (Lipinski definition) is 2. The third kappa shape index (κ3) is 8.52. The largest absolute Gasteiger partial charge is 0.490 e. The second kappa shape index (κ2) is 13.5. The number of benzene rings is 1. The van der Waals surface area contributed by atoms with Crippen molar-refractivity contribution in [3.63, 3.8) is 0 Å². The zero-order valence-electron chi connectivity index (χ0n) is 18.0. The molecule has 6 nitrogen and oxygen atoms in total. The minimum Gasteiger partial charge on any atom is -0.490 e. The first-order valence-electron chi connectivity index (χ1n) is 10.8. The van der Waals surface area contributed by atoms with Crippen LogP contribution in [0.5, 0.6) is 5.75 Å². The third-order valence-electron chi connectivity index (χ3n) is 5.13. The van der Waals surface area contributed by atoms with Crippen molar-refractivity contribution in [2.45, 2.75) is 51.5 Å². The monoisotopic (exact) mass is 439 g/mol. The molecule has 1 aromatic carbocycles. The van der Waals surface area contributed by atoms with E-state index in [1.807, 2.05) is 12.1 Å². The molecule has 0 heterocycles. The lowest BCUT2D eigenvalue weighted by molar-refractivity contribution is -0.108. The highest BCUT2D eigenvalue weighted by Gasteiger charge is 2.23. The zero-order chi connectivity index (χ0) is 21.8. The van der Waals surface area contributed by atoms with Crippen molar-refractivity contribution in [3.8, 4) is 5.75 Å². The van der Waals surface area contributed by atoms with Gasteiger partial charge in [-0.25, -0.2) is 9.18 Å². The van der Waals surface area contributed by atoms with Crippen molar-refractivity contribution in [1.82, 2.24) is 14.9 Å². The van der Waals surface area contributed by atoms with Crippen LogP contribution in [0.2, 0.25) is 0 Å². The Labute approximate surface area is 183 Å². The van der Waals surface area contributed by atoms with Crippen molar-refractivity contribution in [1.29, 1.82) is 0 Å². The first-order valence-corrected chi connectivity index (χ1v) is 11.8. The number of amides is 2. The fourth-order valence-corrected chi connectivity index (χ4v) is 4.03. The summed E-state index contributed by atoms with van der Waals surface area (Å²) in [6.45, 7) is 3.40. The molecule has 1 aromatic rings. The van der Waals surface area contributed by atoms with Crippen molar-refractivity contribution in [3.05, 3.63) is 29.6 Å². The maximum absolute atomic E-state index is 14.0. The van der Waals surface area contributed by atoms with Crippen LogP contribution < -0.4 is 14.8 Å². The smallest absolute Gasteiger partial charge is 0.317 e. The minimum atomic E-state index is -0.303. The summed E-state index contributed by atoms with van der Waals surface area (Å²) in [5, 5.41) is 2.55. The van der Waals surface area contributed by atoms with Crippen molar-refractivity contribution >= 4 is 24.3 Å². The van der Waals surface area contributed by atoms with Gasteiger partial charge in [0.15, 0.2) is 11.6 Å². The van der Waals surface area contributed by atoms with E-state index in [1.54, 1.807) is 19.0 Å². The van der Waals surface area contributed by atoms with E-state index in [0.29, 0.717) is 24.8 Å². The van der Waals surface area contributed by atoms with Gasteiger partial charge in [-0.3, -0.25) is 4.72 Å². The van der Waals surface area contributed by atoms with E-state index in [1.165, 1.54) is 23.8 Å². The topological polar surface area (TPSA) is 70.7 Å². The average molecular weight is 440 g/mol. The third-order valence-corrected chi connectivity index (χ3v) is 6.08. The Morgan fingerprint density at radius 2 is 2.17 bits per heavy atom. The number of carbonyl (C=O) groups excluding carboxylic acids is 2. The molecule has 8 heteroatoms. The molecule has 1 unspecified atom stereocenters. The summed E-state index contributed by atoms with van der Waals surface area (Å²) in [7, 11) is 1.57. The molecule has 1 aliphatic carbocycles. The Morgan fingerprint density at radius 3 is 2.83 bits per heavy atom. The Bertz CT molecular complexity index is 673. The van der Waals surface area contributed by atoms with E-state index in [0.717, 1.165) is 43.3 Å². The van der Waals surface area contributed by atoms with Gasteiger partial charge in [-0.05, 0) is 55.7 Å². The lowest BCUT2D eigenvalue weighted by atomic mass is 10.1. The molecular weight excluding hydrogens is 405 g/mol. The summed E-state index contributed by atoms with van der Waals surface area (Å²) >= 11 is 1.67. The van der Waals surface area contributed by atoms with Gasteiger partial charge < -0.3 is 19.7 Å². The minimum absolute atomic E-state index is 0.123. The number of unbranched alkanes of at least 4 members (excludes halogenated alkanes) is 2. The highest BCUT2D eigenvalue weighted by Crippen LogP contribution is 2.31. The first-order chi connectivity index (χ1) is 14.6. The fourth-order valence-electron chi connectivity index (χ4n) is 3.06. The molecule has 1 atom stereocenters. The van der Waals surface area contributed by atoms with Gasteiger partial charge in [0, 0.05) is 25.4 Å². The first kappa shape index (κ1) is 24.5. The van der Waals surface area contributed by atoms with Crippen LogP contribution in [0.3, 0.4) is 0 Å². The zero-order valence-corrected chi connectivity index (χ0v) is 18.8. The molecule has 0 spiro atoms.